The van der Waals surface area contributed by atoms with E-state index in [0.29, 0.717) is 23.5 Å². The van der Waals surface area contributed by atoms with Gasteiger partial charge in [-0.1, -0.05) is 12.1 Å². The molecule has 3 aromatic rings. The molecular formula is C24H23F2NO5S. The summed E-state index contributed by atoms with van der Waals surface area (Å²) >= 11 is 0. The van der Waals surface area contributed by atoms with E-state index in [-0.39, 0.29) is 29.6 Å². The number of nitrogens with zero attached hydrogens (tertiary/aromatic N) is 1. The minimum absolute atomic E-state index is 0.0109. The van der Waals surface area contributed by atoms with Crippen LogP contribution in [-0.4, -0.2) is 42.9 Å². The number of hydrogen-bond donors (Lipinski definition) is 0. The molecule has 0 spiro atoms. The Labute approximate surface area is 190 Å². The number of benzene rings is 2. The molecule has 0 aliphatic carbocycles. The molecule has 1 aliphatic rings. The van der Waals surface area contributed by atoms with Crippen molar-refractivity contribution in [2.24, 2.45) is 0 Å². The van der Waals surface area contributed by atoms with Crippen molar-refractivity contribution in [1.82, 2.24) is 4.90 Å². The molecule has 4 rings (SSSR count). The third kappa shape index (κ3) is 5.42. The minimum Gasteiger partial charge on any atom is -0.478 e. The zero-order valence-corrected chi connectivity index (χ0v) is 18.7. The lowest BCUT2D eigenvalue weighted by atomic mass is 10.1. The molecule has 0 bridgehead atoms. The van der Waals surface area contributed by atoms with E-state index < -0.39 is 33.7 Å². The highest BCUT2D eigenvalue weighted by Crippen LogP contribution is 2.27. The molecule has 9 heteroatoms. The average molecular weight is 476 g/mol. The van der Waals surface area contributed by atoms with Crippen molar-refractivity contribution in [3.05, 3.63) is 78.1 Å². The van der Waals surface area contributed by atoms with E-state index in [2.05, 4.69) is 0 Å². The van der Waals surface area contributed by atoms with Crippen molar-refractivity contribution >= 4 is 15.7 Å². The lowest BCUT2D eigenvalue weighted by Crippen LogP contribution is -2.46. The topological polar surface area (TPSA) is 76.8 Å². The van der Waals surface area contributed by atoms with Gasteiger partial charge in [-0.15, -0.1) is 0 Å². The Morgan fingerprint density at radius 1 is 1.12 bits per heavy atom. The summed E-state index contributed by atoms with van der Waals surface area (Å²) in [4.78, 5) is 14.7. The van der Waals surface area contributed by atoms with Gasteiger partial charge in [-0.05, 0) is 61.9 Å². The lowest BCUT2D eigenvalue weighted by molar-refractivity contribution is -0.141. The predicted molar refractivity (Wildman–Crippen MR) is 118 cm³/mol. The molecule has 2 atom stereocenters. The van der Waals surface area contributed by atoms with Crippen LogP contribution in [0.4, 0.5) is 8.78 Å². The number of carbonyl (C=O) groups is 1. The molecule has 1 fully saturated rings. The van der Waals surface area contributed by atoms with Crippen LogP contribution in [0.2, 0.25) is 0 Å². The Morgan fingerprint density at radius 2 is 1.85 bits per heavy atom. The fourth-order valence-corrected chi connectivity index (χ4v) is 5.55. The molecular weight excluding hydrogens is 452 g/mol. The van der Waals surface area contributed by atoms with Crippen molar-refractivity contribution in [2.45, 2.75) is 32.0 Å². The highest BCUT2D eigenvalue weighted by molar-refractivity contribution is 7.91. The van der Waals surface area contributed by atoms with Crippen LogP contribution in [0.5, 0.6) is 5.75 Å². The molecule has 1 aliphatic heterocycles. The maximum atomic E-state index is 14.0. The number of halogens is 2. The van der Waals surface area contributed by atoms with E-state index in [0.717, 1.165) is 0 Å². The van der Waals surface area contributed by atoms with E-state index in [4.69, 9.17) is 9.15 Å². The summed E-state index contributed by atoms with van der Waals surface area (Å²) in [6, 6.07) is 14.4. The predicted octanol–water partition coefficient (Wildman–Crippen LogP) is 4.21. The maximum Gasteiger partial charge on any atom is 0.264 e. The van der Waals surface area contributed by atoms with Crippen molar-refractivity contribution in [3.8, 4) is 17.1 Å². The molecule has 174 valence electrons. The second kappa shape index (κ2) is 9.35. The second-order valence-electron chi connectivity index (χ2n) is 7.99. The lowest BCUT2D eigenvalue weighted by Gasteiger charge is -2.30. The van der Waals surface area contributed by atoms with Gasteiger partial charge in [0.2, 0.25) is 0 Å². The Balaban J connectivity index is 1.56. The first-order valence-electron chi connectivity index (χ1n) is 10.5. The maximum absolute atomic E-state index is 14.0. The Kier molecular flexibility index (Phi) is 6.51. The molecule has 1 aromatic heterocycles. The largest absolute Gasteiger partial charge is 0.478 e. The molecule has 1 amide bonds. The second-order valence-corrected chi connectivity index (χ2v) is 10.2. The van der Waals surface area contributed by atoms with Crippen molar-refractivity contribution < 1.29 is 31.1 Å². The van der Waals surface area contributed by atoms with Gasteiger partial charge in [-0.25, -0.2) is 17.2 Å². The van der Waals surface area contributed by atoms with Crippen LogP contribution < -0.4 is 4.74 Å². The Hall–Kier alpha value is -3.20. The van der Waals surface area contributed by atoms with Crippen molar-refractivity contribution in [3.63, 3.8) is 0 Å². The molecule has 2 unspecified atom stereocenters. The van der Waals surface area contributed by atoms with Gasteiger partial charge in [0.25, 0.3) is 5.91 Å². The van der Waals surface area contributed by atoms with Crippen LogP contribution in [0.3, 0.4) is 0 Å². The van der Waals surface area contributed by atoms with Crippen LogP contribution in [0, 0.1) is 11.6 Å². The van der Waals surface area contributed by atoms with E-state index in [9.17, 15) is 22.0 Å². The van der Waals surface area contributed by atoms with E-state index >= 15 is 0 Å². The zero-order valence-electron chi connectivity index (χ0n) is 17.9. The standard InChI is InChI=1S/C24H23F2NO5S/c1-16(31-23-5-3-2-4-21(23)26)24(28)27(19-12-13-33(29,30)15-19)14-20-10-11-22(32-20)17-6-8-18(25)9-7-17/h2-11,16,19H,12-15H2,1H3. The first kappa shape index (κ1) is 23.0. The van der Waals surface area contributed by atoms with Gasteiger partial charge in [0, 0.05) is 11.6 Å². The van der Waals surface area contributed by atoms with Gasteiger partial charge in [0.1, 0.15) is 17.3 Å². The minimum atomic E-state index is -3.26. The van der Waals surface area contributed by atoms with Gasteiger partial charge in [-0.2, -0.15) is 0 Å². The van der Waals surface area contributed by atoms with Crippen LogP contribution >= 0.6 is 0 Å². The number of rotatable bonds is 7. The number of para-hydroxylation sites is 1. The van der Waals surface area contributed by atoms with Crippen molar-refractivity contribution in [2.75, 3.05) is 11.5 Å². The zero-order chi connectivity index (χ0) is 23.6. The van der Waals surface area contributed by atoms with Gasteiger partial charge in [0.05, 0.1) is 18.1 Å². The van der Waals surface area contributed by atoms with Crippen LogP contribution in [0.25, 0.3) is 11.3 Å². The molecule has 6 nitrogen and oxygen atoms in total. The highest BCUT2D eigenvalue weighted by atomic mass is 32.2. The Morgan fingerprint density at radius 3 is 2.52 bits per heavy atom. The fourth-order valence-electron chi connectivity index (χ4n) is 3.82. The molecule has 0 radical (unpaired) electrons. The number of sulfone groups is 1. The normalized spacial score (nSPS) is 18.1. The van der Waals surface area contributed by atoms with Gasteiger partial charge in [-0.3, -0.25) is 4.79 Å². The summed E-state index contributed by atoms with van der Waals surface area (Å²) in [5.74, 6) is -0.735. The van der Waals surface area contributed by atoms with Gasteiger partial charge in [0.15, 0.2) is 27.5 Å². The summed E-state index contributed by atoms with van der Waals surface area (Å²) in [5, 5.41) is 0. The first-order chi connectivity index (χ1) is 15.7. The van der Waals surface area contributed by atoms with Gasteiger partial charge >= 0.3 is 0 Å². The summed E-state index contributed by atoms with van der Waals surface area (Å²) in [5.41, 5.74) is 0.667. The quantitative estimate of drug-likeness (QED) is 0.512. The summed E-state index contributed by atoms with van der Waals surface area (Å²) in [6.45, 7) is 1.52. The third-order valence-corrected chi connectivity index (χ3v) is 7.29. The molecule has 2 heterocycles. The molecule has 0 saturated carbocycles. The third-order valence-electron chi connectivity index (χ3n) is 5.54. The fraction of sp³-hybridized carbons (Fsp3) is 0.292. The monoisotopic (exact) mass is 475 g/mol. The first-order valence-corrected chi connectivity index (χ1v) is 12.3. The number of hydrogen-bond acceptors (Lipinski definition) is 5. The summed E-state index contributed by atoms with van der Waals surface area (Å²) in [7, 11) is -3.26. The molecule has 33 heavy (non-hydrogen) atoms. The summed E-state index contributed by atoms with van der Waals surface area (Å²) < 4.78 is 62.7. The SMILES string of the molecule is CC(Oc1ccccc1F)C(=O)N(Cc1ccc(-c2ccc(F)cc2)o1)C1CCS(=O)(=O)C1. The number of furan rings is 1. The molecule has 2 aromatic carbocycles. The number of carbonyl (C=O) groups excluding carboxylic acids is 1. The van der Waals surface area contributed by atoms with Crippen molar-refractivity contribution in [1.29, 1.82) is 0 Å². The molecule has 1 saturated heterocycles. The van der Waals surface area contributed by atoms with Crippen LogP contribution in [0.15, 0.2) is 65.1 Å². The smallest absolute Gasteiger partial charge is 0.264 e. The van der Waals surface area contributed by atoms with Crippen LogP contribution in [0.1, 0.15) is 19.1 Å². The highest BCUT2D eigenvalue weighted by Gasteiger charge is 2.37. The van der Waals surface area contributed by atoms with E-state index in [1.165, 1.54) is 42.2 Å². The van der Waals surface area contributed by atoms with Gasteiger partial charge < -0.3 is 14.1 Å². The van der Waals surface area contributed by atoms with E-state index in [1.54, 1.807) is 30.3 Å². The average Bonchev–Trinajstić information content (AvgIpc) is 3.39. The van der Waals surface area contributed by atoms with Crippen LogP contribution in [-0.2, 0) is 21.2 Å². The number of ether oxygens (including phenoxy) is 1. The Bertz CT molecular complexity index is 1240. The number of amides is 1. The molecule has 0 N–H and O–H groups in total. The summed E-state index contributed by atoms with van der Waals surface area (Å²) in [6.07, 6.45) is -0.747. The van der Waals surface area contributed by atoms with E-state index in [1.807, 2.05) is 0 Å².